The van der Waals surface area contributed by atoms with E-state index in [0.29, 0.717) is 10.5 Å². The summed E-state index contributed by atoms with van der Waals surface area (Å²) in [4.78, 5) is 16.4. The van der Waals surface area contributed by atoms with Crippen molar-refractivity contribution in [2.24, 2.45) is 0 Å². The maximum Gasteiger partial charge on any atom is 0.354 e. The maximum atomic E-state index is 11.0. The third kappa shape index (κ3) is 1.90. The highest BCUT2D eigenvalue weighted by Crippen LogP contribution is 2.21. The molecule has 4 nitrogen and oxygen atoms in total. The summed E-state index contributed by atoms with van der Waals surface area (Å²) >= 11 is 4.89. The smallest absolute Gasteiger partial charge is 0.354 e. The Balaban J connectivity index is 2.59. The van der Waals surface area contributed by atoms with Crippen LogP contribution in [0.25, 0.3) is 11.3 Å². The van der Waals surface area contributed by atoms with Crippen molar-refractivity contribution in [2.45, 2.75) is 6.92 Å². The molecule has 5 heteroatoms. The highest BCUT2D eigenvalue weighted by molar-refractivity contribution is 7.71. The Hall–Kier alpha value is -1.88. The molecule has 16 heavy (non-hydrogen) atoms. The fraction of sp³-hybridized carbons (Fsp3) is 0.0909. The van der Waals surface area contributed by atoms with Crippen molar-refractivity contribution in [3.05, 3.63) is 40.3 Å². The molecule has 0 fully saturated rings. The summed E-state index contributed by atoms with van der Waals surface area (Å²) in [6, 6.07) is 7.56. The van der Waals surface area contributed by atoms with Gasteiger partial charge < -0.3 is 15.1 Å². The first kappa shape index (κ1) is 10.6. The number of rotatable bonds is 2. The molecule has 0 radical (unpaired) electrons. The number of benzene rings is 1. The van der Waals surface area contributed by atoms with Crippen LogP contribution in [0.1, 0.15) is 16.1 Å². The third-order valence-corrected chi connectivity index (χ3v) is 2.49. The normalized spacial score (nSPS) is 10.3. The zero-order valence-corrected chi connectivity index (χ0v) is 9.39. The predicted octanol–water partition coefficient (Wildman–Crippen LogP) is 2.75. The number of nitrogens with one attached hydrogen (secondary N) is 2. The van der Waals surface area contributed by atoms with Crippen molar-refractivity contribution >= 4 is 18.2 Å². The van der Waals surface area contributed by atoms with Crippen LogP contribution >= 0.6 is 12.2 Å². The fourth-order valence-corrected chi connectivity index (χ4v) is 1.68. The van der Waals surface area contributed by atoms with E-state index in [2.05, 4.69) is 9.97 Å². The largest absolute Gasteiger partial charge is 0.477 e. The number of carbonyl (C=O) groups is 1. The van der Waals surface area contributed by atoms with Gasteiger partial charge in [0.1, 0.15) is 0 Å². The standard InChI is InChI=1S/C11H10N2O2S/c1-6-2-4-7(5-3-6)8-9(10(14)15)13-11(16)12-8/h2-5H,1H3,(H,14,15)(H2,12,13,16). The van der Waals surface area contributed by atoms with E-state index in [-0.39, 0.29) is 5.69 Å². The lowest BCUT2D eigenvalue weighted by Crippen LogP contribution is -1.99. The lowest BCUT2D eigenvalue weighted by molar-refractivity contribution is 0.0692. The molecule has 0 saturated carbocycles. The second-order valence-electron chi connectivity index (χ2n) is 3.50. The van der Waals surface area contributed by atoms with Crippen LogP contribution < -0.4 is 0 Å². The monoisotopic (exact) mass is 234 g/mol. The molecule has 1 heterocycles. The lowest BCUT2D eigenvalue weighted by atomic mass is 10.1. The molecular formula is C11H10N2O2S. The van der Waals surface area contributed by atoms with Crippen LogP contribution in [0, 0.1) is 11.7 Å². The van der Waals surface area contributed by atoms with E-state index >= 15 is 0 Å². The third-order valence-electron chi connectivity index (χ3n) is 2.28. The Kier molecular flexibility index (Phi) is 2.62. The minimum Gasteiger partial charge on any atom is -0.477 e. The maximum absolute atomic E-state index is 11.0. The molecule has 0 bridgehead atoms. The molecule has 0 aliphatic rings. The minimum absolute atomic E-state index is 0.0915. The van der Waals surface area contributed by atoms with E-state index in [0.717, 1.165) is 11.1 Å². The summed E-state index contributed by atoms with van der Waals surface area (Å²) < 4.78 is 0.313. The molecule has 0 aliphatic heterocycles. The van der Waals surface area contributed by atoms with Crippen molar-refractivity contribution in [2.75, 3.05) is 0 Å². The first-order chi connectivity index (χ1) is 7.58. The first-order valence-corrected chi connectivity index (χ1v) is 5.11. The number of H-pyrrole nitrogens is 2. The number of aryl methyl sites for hydroxylation is 1. The summed E-state index contributed by atoms with van der Waals surface area (Å²) in [5, 5.41) is 9.00. The van der Waals surface area contributed by atoms with Gasteiger partial charge in [-0.2, -0.15) is 0 Å². The Labute approximate surface area is 97.0 Å². The van der Waals surface area contributed by atoms with E-state index < -0.39 is 5.97 Å². The van der Waals surface area contributed by atoms with E-state index in [1.807, 2.05) is 31.2 Å². The lowest BCUT2D eigenvalue weighted by Gasteiger charge is -2.00. The second kappa shape index (κ2) is 3.94. The van der Waals surface area contributed by atoms with Crippen LogP contribution in [0.3, 0.4) is 0 Å². The number of imidazole rings is 1. The second-order valence-corrected chi connectivity index (χ2v) is 3.91. The van der Waals surface area contributed by atoms with Gasteiger partial charge in [-0.3, -0.25) is 0 Å². The average Bonchev–Trinajstić information content (AvgIpc) is 2.61. The summed E-state index contributed by atoms with van der Waals surface area (Å²) in [5.74, 6) is -1.03. The van der Waals surface area contributed by atoms with E-state index in [1.54, 1.807) is 0 Å². The van der Waals surface area contributed by atoms with Crippen LogP contribution in [0.15, 0.2) is 24.3 Å². The van der Waals surface area contributed by atoms with Gasteiger partial charge >= 0.3 is 5.97 Å². The molecular weight excluding hydrogens is 224 g/mol. The summed E-state index contributed by atoms with van der Waals surface area (Å²) in [5.41, 5.74) is 2.52. The minimum atomic E-state index is -1.03. The van der Waals surface area contributed by atoms with Gasteiger partial charge in [0.2, 0.25) is 0 Å². The Morgan fingerprint density at radius 3 is 2.44 bits per heavy atom. The van der Waals surface area contributed by atoms with Crippen molar-refractivity contribution in [3.63, 3.8) is 0 Å². The van der Waals surface area contributed by atoms with Gasteiger partial charge in [0.05, 0.1) is 5.69 Å². The molecule has 82 valence electrons. The van der Waals surface area contributed by atoms with Gasteiger partial charge in [0.15, 0.2) is 10.5 Å². The molecule has 0 saturated heterocycles. The predicted molar refractivity (Wildman–Crippen MR) is 63.1 cm³/mol. The van der Waals surface area contributed by atoms with E-state index in [4.69, 9.17) is 17.3 Å². The number of aromatic amines is 2. The van der Waals surface area contributed by atoms with Crippen LogP contribution in [-0.4, -0.2) is 21.0 Å². The zero-order chi connectivity index (χ0) is 11.7. The summed E-state index contributed by atoms with van der Waals surface area (Å²) in [6.45, 7) is 1.97. The molecule has 0 unspecified atom stereocenters. The Morgan fingerprint density at radius 1 is 1.25 bits per heavy atom. The van der Waals surface area contributed by atoms with Gasteiger partial charge in [-0.15, -0.1) is 0 Å². The molecule has 0 atom stereocenters. The average molecular weight is 234 g/mol. The van der Waals surface area contributed by atoms with Crippen molar-refractivity contribution in [1.82, 2.24) is 9.97 Å². The fourth-order valence-electron chi connectivity index (χ4n) is 1.48. The number of carboxylic acids is 1. The van der Waals surface area contributed by atoms with Crippen LogP contribution in [0.5, 0.6) is 0 Å². The molecule has 3 N–H and O–H groups in total. The van der Waals surface area contributed by atoms with Gasteiger partial charge in [-0.1, -0.05) is 29.8 Å². The molecule has 2 rings (SSSR count). The number of carboxylic acid groups (broad SMARTS) is 1. The number of aromatic nitrogens is 2. The summed E-state index contributed by atoms with van der Waals surface area (Å²) in [7, 11) is 0. The van der Waals surface area contributed by atoms with Crippen LogP contribution in [0.4, 0.5) is 0 Å². The highest BCUT2D eigenvalue weighted by Gasteiger charge is 2.14. The molecule has 0 aliphatic carbocycles. The highest BCUT2D eigenvalue weighted by atomic mass is 32.1. The zero-order valence-electron chi connectivity index (χ0n) is 8.57. The Bertz CT molecular complexity index is 581. The molecule has 1 aromatic heterocycles. The first-order valence-electron chi connectivity index (χ1n) is 4.70. The van der Waals surface area contributed by atoms with E-state index in [1.165, 1.54) is 0 Å². The van der Waals surface area contributed by atoms with Crippen LogP contribution in [-0.2, 0) is 0 Å². The van der Waals surface area contributed by atoms with Crippen molar-refractivity contribution in [1.29, 1.82) is 0 Å². The quantitative estimate of drug-likeness (QED) is 0.700. The van der Waals surface area contributed by atoms with Crippen molar-refractivity contribution in [3.8, 4) is 11.3 Å². The number of aromatic carboxylic acids is 1. The number of hydrogen-bond donors (Lipinski definition) is 3. The SMILES string of the molecule is Cc1ccc(-c2[nH]c(=S)[nH]c2C(=O)O)cc1. The summed E-state index contributed by atoms with van der Waals surface area (Å²) in [6.07, 6.45) is 0. The topological polar surface area (TPSA) is 68.9 Å². The molecule has 0 amide bonds. The Morgan fingerprint density at radius 2 is 1.88 bits per heavy atom. The van der Waals surface area contributed by atoms with E-state index in [9.17, 15) is 4.79 Å². The van der Waals surface area contributed by atoms with Gasteiger partial charge in [0.25, 0.3) is 0 Å². The van der Waals surface area contributed by atoms with Gasteiger partial charge in [-0.05, 0) is 19.1 Å². The molecule has 2 aromatic rings. The van der Waals surface area contributed by atoms with Crippen molar-refractivity contribution < 1.29 is 9.90 Å². The van der Waals surface area contributed by atoms with Gasteiger partial charge in [-0.25, -0.2) is 4.79 Å². The van der Waals surface area contributed by atoms with Crippen LogP contribution in [0.2, 0.25) is 0 Å². The molecule has 0 spiro atoms. The molecule has 1 aromatic carbocycles. The number of hydrogen-bond acceptors (Lipinski definition) is 2. The van der Waals surface area contributed by atoms with Gasteiger partial charge in [0, 0.05) is 5.56 Å².